The summed E-state index contributed by atoms with van der Waals surface area (Å²) in [5, 5.41) is 15.2. The Kier molecular flexibility index (Phi) is 10.0. The van der Waals surface area contributed by atoms with Crippen molar-refractivity contribution >= 4 is 5.97 Å². The van der Waals surface area contributed by atoms with Gasteiger partial charge in [0, 0.05) is 5.54 Å². The Hall–Kier alpha value is -2.24. The van der Waals surface area contributed by atoms with Crippen LogP contribution in [0.25, 0.3) is 0 Å². The van der Waals surface area contributed by atoms with Crippen LogP contribution in [-0.2, 0) is 16.1 Å². The maximum Gasteiger partial charge on any atom is 0.315 e. The third-order valence-corrected chi connectivity index (χ3v) is 18.9. The van der Waals surface area contributed by atoms with E-state index >= 15 is 0 Å². The number of carbonyl (C=O) groups is 1. The number of rotatable bonds is 10. The zero-order valence-corrected chi connectivity index (χ0v) is 35.2. The number of aliphatic hydroxyl groups is 1. The standard InChI is InChI=1S/C50H72FNO3/c1-34(2)37-18-27-50(52-31-30-49(54)21-11-22-49)29-28-46(6)39(42(37)50)14-15-41-45(5)23-19-38(44(3,4)40(45)20-24-47(41,46)7)36-16-25-48(33-51,26-17-36)43(53)55-32-35-12-9-8-10-13-35/h8-10,12-13,16,19,37,39-42,52,54H,1,11,14-15,17-18,20-33H2,2-7H3. The maximum absolute atomic E-state index is 14.8. The molecule has 302 valence electrons. The molecule has 4 nitrogen and oxygen atoms in total. The Morgan fingerprint density at radius 3 is 2.31 bits per heavy atom. The number of esters is 1. The summed E-state index contributed by atoms with van der Waals surface area (Å²) in [5.41, 5.74) is 4.57. The third kappa shape index (κ3) is 6.12. The Bertz CT molecular complexity index is 1710. The van der Waals surface area contributed by atoms with E-state index in [2.05, 4.69) is 65.6 Å². The van der Waals surface area contributed by atoms with Gasteiger partial charge in [0.1, 0.15) is 13.3 Å². The first-order chi connectivity index (χ1) is 26.1. The molecule has 55 heavy (non-hydrogen) atoms. The summed E-state index contributed by atoms with van der Waals surface area (Å²) in [5.74, 6) is 2.76. The van der Waals surface area contributed by atoms with E-state index in [0.29, 0.717) is 42.4 Å². The molecule has 2 N–H and O–H groups in total. The van der Waals surface area contributed by atoms with Crippen molar-refractivity contribution < 1.29 is 19.0 Å². The predicted molar refractivity (Wildman–Crippen MR) is 221 cm³/mol. The molecule has 5 heteroatoms. The minimum Gasteiger partial charge on any atom is -0.460 e. The molecule has 7 aliphatic carbocycles. The Labute approximate surface area is 332 Å². The topological polar surface area (TPSA) is 58.6 Å². The van der Waals surface area contributed by atoms with E-state index in [9.17, 15) is 14.3 Å². The lowest BCUT2D eigenvalue weighted by atomic mass is 9.33. The Morgan fingerprint density at radius 1 is 0.891 bits per heavy atom. The van der Waals surface area contributed by atoms with E-state index in [0.717, 1.165) is 44.2 Å². The number of carbonyl (C=O) groups excluding carboxylic acids is 1. The van der Waals surface area contributed by atoms with Crippen LogP contribution in [0.1, 0.15) is 150 Å². The molecule has 10 unspecified atom stereocenters. The molecule has 0 saturated heterocycles. The molecule has 1 aromatic carbocycles. The second-order valence-electron chi connectivity index (χ2n) is 21.5. The van der Waals surface area contributed by atoms with E-state index in [1.54, 1.807) is 0 Å². The molecule has 0 spiro atoms. The summed E-state index contributed by atoms with van der Waals surface area (Å²) < 4.78 is 20.5. The van der Waals surface area contributed by atoms with E-state index < -0.39 is 23.7 Å². The average Bonchev–Trinajstić information content (AvgIpc) is 3.54. The number of nitrogens with one attached hydrogen (secondary N) is 1. The van der Waals surface area contributed by atoms with Crippen molar-refractivity contribution in [3.05, 3.63) is 71.3 Å². The number of halogens is 1. The van der Waals surface area contributed by atoms with Gasteiger partial charge in [-0.15, -0.1) is 0 Å². The van der Waals surface area contributed by atoms with Crippen LogP contribution in [0.3, 0.4) is 0 Å². The van der Waals surface area contributed by atoms with Crippen LogP contribution in [0.4, 0.5) is 4.39 Å². The van der Waals surface area contributed by atoms with Crippen molar-refractivity contribution in [3.8, 4) is 0 Å². The number of benzene rings is 1. The second-order valence-corrected chi connectivity index (χ2v) is 21.5. The fraction of sp³-hybridized carbons (Fsp3) is 0.740. The Morgan fingerprint density at radius 2 is 1.65 bits per heavy atom. The van der Waals surface area contributed by atoms with Crippen molar-refractivity contribution in [1.29, 1.82) is 0 Å². The first-order valence-corrected chi connectivity index (χ1v) is 22.4. The van der Waals surface area contributed by atoms with Gasteiger partial charge in [-0.25, -0.2) is 4.39 Å². The zero-order chi connectivity index (χ0) is 39.1. The van der Waals surface area contributed by atoms with Crippen molar-refractivity contribution in [2.24, 2.45) is 56.7 Å². The largest absolute Gasteiger partial charge is 0.460 e. The van der Waals surface area contributed by atoms with Crippen LogP contribution in [0.2, 0.25) is 0 Å². The zero-order valence-electron chi connectivity index (χ0n) is 35.2. The normalized spacial score (nSPS) is 42.7. The van der Waals surface area contributed by atoms with E-state index in [1.165, 1.54) is 74.5 Å². The number of hydrogen-bond donors (Lipinski definition) is 2. The quantitative estimate of drug-likeness (QED) is 0.185. The van der Waals surface area contributed by atoms with Gasteiger partial charge in [0.25, 0.3) is 0 Å². The lowest BCUT2D eigenvalue weighted by Gasteiger charge is -2.72. The summed E-state index contributed by atoms with van der Waals surface area (Å²) in [6.45, 7) is 20.5. The highest BCUT2D eigenvalue weighted by Gasteiger charge is 2.70. The maximum atomic E-state index is 14.8. The highest BCUT2D eigenvalue weighted by Crippen LogP contribution is 2.76. The van der Waals surface area contributed by atoms with Crippen LogP contribution in [-0.4, -0.2) is 35.4 Å². The summed E-state index contributed by atoms with van der Waals surface area (Å²) in [7, 11) is 0. The first-order valence-electron chi connectivity index (χ1n) is 22.4. The summed E-state index contributed by atoms with van der Waals surface area (Å²) >= 11 is 0. The van der Waals surface area contributed by atoms with Gasteiger partial charge in [-0.3, -0.25) is 4.79 Å². The molecule has 5 fully saturated rings. The monoisotopic (exact) mass is 754 g/mol. The molecule has 8 rings (SSSR count). The van der Waals surface area contributed by atoms with Crippen LogP contribution < -0.4 is 5.32 Å². The third-order valence-electron chi connectivity index (χ3n) is 18.9. The SMILES string of the molecule is C=C(C)C1CCC2(NCCC3(O)CCC3)CCC3(C)C(CCC4C5(C)CC=C(C6=CCC(CF)(C(=O)OCc7ccccc7)CC6)C(C)(C)C5CCC43C)C12. The van der Waals surface area contributed by atoms with Gasteiger partial charge in [-0.05, 0) is 184 Å². The number of fused-ring (bicyclic) bond motifs is 7. The molecule has 0 aromatic heterocycles. The molecule has 0 aliphatic heterocycles. The Balaban J connectivity index is 1.01. The van der Waals surface area contributed by atoms with E-state index in [1.807, 2.05) is 30.3 Å². The van der Waals surface area contributed by atoms with Gasteiger partial charge in [0.15, 0.2) is 0 Å². The summed E-state index contributed by atoms with van der Waals surface area (Å²) in [4.78, 5) is 13.4. The first kappa shape index (κ1) is 39.6. The van der Waals surface area contributed by atoms with Crippen LogP contribution in [0.15, 0.2) is 65.8 Å². The molecular weight excluding hydrogens is 682 g/mol. The van der Waals surface area contributed by atoms with Crippen molar-refractivity contribution in [1.82, 2.24) is 5.32 Å². The van der Waals surface area contributed by atoms with Gasteiger partial charge in [0.2, 0.25) is 0 Å². The number of ether oxygens (including phenoxy) is 1. The van der Waals surface area contributed by atoms with E-state index in [-0.39, 0.29) is 33.8 Å². The van der Waals surface area contributed by atoms with Crippen LogP contribution in [0, 0.1) is 56.7 Å². The van der Waals surface area contributed by atoms with Crippen molar-refractivity contribution in [3.63, 3.8) is 0 Å². The fourth-order valence-electron chi connectivity index (χ4n) is 15.4. The molecule has 0 bridgehead atoms. The molecule has 0 amide bonds. The molecule has 10 atom stereocenters. The molecule has 0 heterocycles. The van der Waals surface area contributed by atoms with Gasteiger partial charge in [-0.2, -0.15) is 0 Å². The molecular formula is C50H72FNO3. The predicted octanol–water partition coefficient (Wildman–Crippen LogP) is 11.6. The lowest BCUT2D eigenvalue weighted by molar-refractivity contribution is -0.221. The molecule has 0 radical (unpaired) electrons. The van der Waals surface area contributed by atoms with Crippen molar-refractivity contribution in [2.75, 3.05) is 13.2 Å². The lowest BCUT2D eigenvalue weighted by Crippen LogP contribution is -2.68. The summed E-state index contributed by atoms with van der Waals surface area (Å²) in [6.07, 6.45) is 21.8. The number of alkyl halides is 1. The number of allylic oxidation sites excluding steroid dienone is 5. The second kappa shape index (κ2) is 14.0. The highest BCUT2D eigenvalue weighted by molar-refractivity contribution is 5.78. The van der Waals surface area contributed by atoms with Gasteiger partial charge in [0.05, 0.1) is 11.0 Å². The molecule has 7 aliphatic rings. The van der Waals surface area contributed by atoms with Gasteiger partial charge < -0.3 is 15.2 Å². The average molecular weight is 754 g/mol. The van der Waals surface area contributed by atoms with Gasteiger partial charge >= 0.3 is 5.97 Å². The fourth-order valence-corrected chi connectivity index (χ4v) is 15.4. The number of hydrogen-bond acceptors (Lipinski definition) is 4. The smallest absolute Gasteiger partial charge is 0.315 e. The summed E-state index contributed by atoms with van der Waals surface area (Å²) in [6, 6.07) is 9.70. The van der Waals surface area contributed by atoms with Crippen LogP contribution in [0.5, 0.6) is 0 Å². The van der Waals surface area contributed by atoms with Crippen LogP contribution >= 0.6 is 0 Å². The van der Waals surface area contributed by atoms with Crippen molar-refractivity contribution in [2.45, 2.75) is 162 Å². The molecule has 5 saturated carbocycles. The van der Waals surface area contributed by atoms with Gasteiger partial charge in [-0.1, -0.05) is 89.3 Å². The van der Waals surface area contributed by atoms with E-state index in [4.69, 9.17) is 4.74 Å². The minimum atomic E-state index is -1.08. The minimum absolute atomic E-state index is 0.00803. The highest BCUT2D eigenvalue weighted by atomic mass is 19.1. The molecule has 1 aromatic rings.